The Kier molecular flexibility index (Phi) is 7.69. The van der Waals surface area contributed by atoms with Gasteiger partial charge in [-0.25, -0.2) is 8.42 Å². The highest BCUT2D eigenvalue weighted by molar-refractivity contribution is 7.89. The number of sulfonamides is 1. The number of nitrogens with zero attached hydrogens (tertiary/aromatic N) is 2. The number of hydrogen-bond acceptors (Lipinski definition) is 5. The summed E-state index contributed by atoms with van der Waals surface area (Å²) < 4.78 is 38.6. The minimum Gasteiger partial charge on any atom is -0.494 e. The van der Waals surface area contributed by atoms with Crippen LogP contribution in [0.2, 0.25) is 0 Å². The van der Waals surface area contributed by atoms with Crippen LogP contribution in [0, 0.1) is 0 Å². The van der Waals surface area contributed by atoms with Crippen molar-refractivity contribution in [2.24, 2.45) is 0 Å². The molecule has 0 radical (unpaired) electrons. The zero-order valence-corrected chi connectivity index (χ0v) is 19.2. The number of morpholine rings is 1. The van der Waals surface area contributed by atoms with Crippen LogP contribution >= 0.6 is 0 Å². The van der Waals surface area contributed by atoms with E-state index in [0.29, 0.717) is 57.0 Å². The Hall–Kier alpha value is -2.42. The van der Waals surface area contributed by atoms with E-state index in [9.17, 15) is 13.2 Å². The molecule has 0 bridgehead atoms. The van der Waals surface area contributed by atoms with Gasteiger partial charge in [-0.2, -0.15) is 4.31 Å². The van der Waals surface area contributed by atoms with E-state index in [1.807, 2.05) is 38.1 Å². The second kappa shape index (κ2) is 10.3. The van der Waals surface area contributed by atoms with E-state index in [1.165, 1.54) is 10.4 Å². The van der Waals surface area contributed by atoms with Crippen LogP contribution in [-0.4, -0.2) is 63.5 Å². The summed E-state index contributed by atoms with van der Waals surface area (Å²) in [7, 11) is -1.98. The first-order chi connectivity index (χ1) is 14.9. The minimum atomic E-state index is -3.69. The maximum Gasteiger partial charge on any atom is 0.253 e. The van der Waals surface area contributed by atoms with Gasteiger partial charge in [-0.05, 0) is 48.7 Å². The summed E-state index contributed by atoms with van der Waals surface area (Å²) in [5.74, 6) is 0.559. The van der Waals surface area contributed by atoms with Crippen LogP contribution in [0.15, 0.2) is 47.4 Å². The summed E-state index contributed by atoms with van der Waals surface area (Å²) >= 11 is 0. The SMILES string of the molecule is CCOc1ccc(CN(C)C(=O)c2ccc(CC)c(S(=O)(=O)N3CCOCC3)c2)cc1. The van der Waals surface area contributed by atoms with Gasteiger partial charge in [0.2, 0.25) is 10.0 Å². The fraction of sp³-hybridized carbons (Fsp3) is 0.435. The van der Waals surface area contributed by atoms with Crippen LogP contribution in [0.3, 0.4) is 0 Å². The second-order valence-electron chi connectivity index (χ2n) is 7.43. The molecule has 2 aromatic rings. The molecule has 0 atom stereocenters. The van der Waals surface area contributed by atoms with Crippen molar-refractivity contribution in [3.8, 4) is 5.75 Å². The Balaban J connectivity index is 1.81. The lowest BCUT2D eigenvalue weighted by Crippen LogP contribution is -2.41. The Morgan fingerprint density at radius 2 is 1.77 bits per heavy atom. The number of amides is 1. The highest BCUT2D eigenvalue weighted by atomic mass is 32.2. The molecule has 1 amide bonds. The molecule has 1 fully saturated rings. The van der Waals surface area contributed by atoms with Crippen molar-refractivity contribution in [2.45, 2.75) is 31.7 Å². The summed E-state index contributed by atoms with van der Waals surface area (Å²) in [6.07, 6.45) is 0.565. The maximum atomic E-state index is 13.2. The molecule has 7 nitrogen and oxygen atoms in total. The maximum absolute atomic E-state index is 13.2. The highest BCUT2D eigenvalue weighted by Crippen LogP contribution is 2.24. The summed E-state index contributed by atoms with van der Waals surface area (Å²) in [6, 6.07) is 12.5. The van der Waals surface area contributed by atoms with E-state index in [1.54, 1.807) is 24.1 Å². The zero-order valence-electron chi connectivity index (χ0n) is 18.3. The van der Waals surface area contributed by atoms with Gasteiger partial charge >= 0.3 is 0 Å². The first-order valence-corrected chi connectivity index (χ1v) is 12.0. The lowest BCUT2D eigenvalue weighted by molar-refractivity contribution is 0.0729. The quantitative estimate of drug-likeness (QED) is 0.623. The monoisotopic (exact) mass is 446 g/mol. The Bertz CT molecular complexity index is 999. The van der Waals surface area contributed by atoms with E-state index >= 15 is 0 Å². The standard InChI is InChI=1S/C23H30N2O5S/c1-4-19-8-9-20(16-22(19)31(27,28)25-12-14-29-15-13-25)23(26)24(3)17-18-6-10-21(11-7-18)30-5-2/h6-11,16H,4-5,12-15,17H2,1-3H3. The number of rotatable bonds is 8. The molecule has 0 unspecified atom stereocenters. The first kappa shape index (κ1) is 23.2. The van der Waals surface area contributed by atoms with Gasteiger partial charge in [0, 0.05) is 32.2 Å². The molecule has 1 aliphatic heterocycles. The lowest BCUT2D eigenvalue weighted by atomic mass is 10.1. The average Bonchev–Trinajstić information content (AvgIpc) is 2.80. The van der Waals surface area contributed by atoms with Gasteiger partial charge in [-0.1, -0.05) is 25.1 Å². The molecule has 168 valence electrons. The van der Waals surface area contributed by atoms with Gasteiger partial charge in [-0.3, -0.25) is 4.79 Å². The van der Waals surface area contributed by atoms with E-state index in [-0.39, 0.29) is 10.8 Å². The molecule has 31 heavy (non-hydrogen) atoms. The largest absolute Gasteiger partial charge is 0.494 e. The molecule has 0 saturated carbocycles. The summed E-state index contributed by atoms with van der Waals surface area (Å²) in [5.41, 5.74) is 2.03. The van der Waals surface area contributed by atoms with Crippen molar-refractivity contribution >= 4 is 15.9 Å². The van der Waals surface area contributed by atoms with E-state index < -0.39 is 10.0 Å². The summed E-state index contributed by atoms with van der Waals surface area (Å²) in [4.78, 5) is 14.8. The number of benzene rings is 2. The molecule has 1 saturated heterocycles. The van der Waals surface area contributed by atoms with Crippen molar-refractivity contribution < 1.29 is 22.7 Å². The average molecular weight is 447 g/mol. The molecule has 1 aliphatic rings. The van der Waals surface area contributed by atoms with Gasteiger partial charge in [0.1, 0.15) is 5.75 Å². The fourth-order valence-electron chi connectivity index (χ4n) is 3.57. The molecule has 2 aromatic carbocycles. The van der Waals surface area contributed by atoms with Crippen molar-refractivity contribution in [3.05, 3.63) is 59.2 Å². The van der Waals surface area contributed by atoms with Crippen molar-refractivity contribution in [2.75, 3.05) is 40.0 Å². The Morgan fingerprint density at radius 3 is 2.39 bits per heavy atom. The van der Waals surface area contributed by atoms with E-state index in [0.717, 1.165) is 11.3 Å². The first-order valence-electron chi connectivity index (χ1n) is 10.5. The summed E-state index contributed by atoms with van der Waals surface area (Å²) in [5, 5.41) is 0. The van der Waals surface area contributed by atoms with Crippen molar-refractivity contribution in [3.63, 3.8) is 0 Å². The van der Waals surface area contributed by atoms with Crippen LogP contribution in [-0.2, 0) is 27.7 Å². The molecule has 0 N–H and O–H groups in total. The number of ether oxygens (including phenoxy) is 2. The third kappa shape index (κ3) is 5.44. The van der Waals surface area contributed by atoms with E-state index in [4.69, 9.17) is 9.47 Å². The van der Waals surface area contributed by atoms with Crippen LogP contribution in [0.1, 0.15) is 35.3 Å². The van der Waals surface area contributed by atoms with Gasteiger partial charge in [-0.15, -0.1) is 0 Å². The van der Waals surface area contributed by atoms with Crippen LogP contribution < -0.4 is 4.74 Å². The lowest BCUT2D eigenvalue weighted by Gasteiger charge is -2.27. The van der Waals surface area contributed by atoms with Gasteiger partial charge < -0.3 is 14.4 Å². The number of hydrogen-bond donors (Lipinski definition) is 0. The molecule has 8 heteroatoms. The molecule has 0 spiro atoms. The minimum absolute atomic E-state index is 0.206. The summed E-state index contributed by atoms with van der Waals surface area (Å²) in [6.45, 7) is 6.25. The van der Waals surface area contributed by atoms with Crippen molar-refractivity contribution in [1.82, 2.24) is 9.21 Å². The normalized spacial score (nSPS) is 14.9. The smallest absolute Gasteiger partial charge is 0.253 e. The predicted octanol–water partition coefficient (Wildman–Crippen LogP) is 2.94. The predicted molar refractivity (Wildman–Crippen MR) is 119 cm³/mol. The third-order valence-electron chi connectivity index (χ3n) is 5.28. The van der Waals surface area contributed by atoms with Crippen LogP contribution in [0.25, 0.3) is 0 Å². The Morgan fingerprint density at radius 1 is 1.10 bits per heavy atom. The highest BCUT2D eigenvalue weighted by Gasteiger charge is 2.29. The van der Waals surface area contributed by atoms with Gasteiger partial charge in [0.25, 0.3) is 5.91 Å². The van der Waals surface area contributed by atoms with Crippen LogP contribution in [0.5, 0.6) is 5.75 Å². The topological polar surface area (TPSA) is 76.2 Å². The second-order valence-corrected chi connectivity index (χ2v) is 9.34. The zero-order chi connectivity index (χ0) is 22.4. The Labute approximate surface area is 184 Å². The fourth-order valence-corrected chi connectivity index (χ4v) is 5.30. The number of aryl methyl sites for hydroxylation is 1. The molecular formula is C23H30N2O5S. The third-order valence-corrected chi connectivity index (χ3v) is 7.26. The van der Waals surface area contributed by atoms with E-state index in [2.05, 4.69) is 0 Å². The molecule has 0 aliphatic carbocycles. The number of carbonyl (C=O) groups excluding carboxylic acids is 1. The number of carbonyl (C=O) groups is 1. The molecular weight excluding hydrogens is 416 g/mol. The molecule has 3 rings (SSSR count). The van der Waals surface area contributed by atoms with Crippen LogP contribution in [0.4, 0.5) is 0 Å². The van der Waals surface area contributed by atoms with Crippen molar-refractivity contribution in [1.29, 1.82) is 0 Å². The molecule has 1 heterocycles. The van der Waals surface area contributed by atoms with Gasteiger partial charge in [0.15, 0.2) is 0 Å². The molecule has 0 aromatic heterocycles. The van der Waals surface area contributed by atoms with Gasteiger partial charge in [0.05, 0.1) is 24.7 Å².